The molecule has 0 bridgehead atoms. The van der Waals surface area contributed by atoms with Crippen LogP contribution in [-0.4, -0.2) is 64.5 Å². The molecule has 0 saturated heterocycles. The average Bonchev–Trinajstić information content (AvgIpc) is 3.12. The number of fused-ring (bicyclic) bond motifs is 1. The molecule has 1 saturated carbocycles. The van der Waals surface area contributed by atoms with Gasteiger partial charge in [-0.3, -0.25) is 4.79 Å². The van der Waals surface area contributed by atoms with Gasteiger partial charge in [0.2, 0.25) is 5.91 Å². The van der Waals surface area contributed by atoms with Gasteiger partial charge in [0.25, 0.3) is 11.6 Å². The monoisotopic (exact) mass is 493 g/mol. The number of thiazole rings is 1. The number of nitrogens with zero attached hydrogens (tertiary/aromatic N) is 4. The lowest BCUT2D eigenvalue weighted by Gasteiger charge is -2.30. The average molecular weight is 494 g/mol. The fourth-order valence-electron chi connectivity index (χ4n) is 4.74. The zero-order chi connectivity index (χ0) is 23.9. The lowest BCUT2D eigenvalue weighted by atomic mass is 9.84. The molecule has 0 aromatic carbocycles. The third kappa shape index (κ3) is 7.40. The molecule has 1 aliphatic heterocycles. The Bertz CT molecular complexity index is 906. The van der Waals surface area contributed by atoms with Gasteiger partial charge in [0.15, 0.2) is 6.61 Å². The Hall–Kier alpha value is -2.20. The van der Waals surface area contributed by atoms with Crippen LogP contribution in [0.3, 0.4) is 0 Å². The van der Waals surface area contributed by atoms with Crippen molar-refractivity contribution in [2.24, 2.45) is 5.92 Å². The number of ether oxygens (including phenoxy) is 1. The van der Waals surface area contributed by atoms with E-state index in [1.807, 2.05) is 6.92 Å². The van der Waals surface area contributed by atoms with E-state index in [1.165, 1.54) is 22.6 Å². The molecule has 7 nitrogen and oxygen atoms in total. The molecule has 10 heteroatoms. The van der Waals surface area contributed by atoms with Crippen molar-refractivity contribution in [3.05, 3.63) is 34.4 Å². The summed E-state index contributed by atoms with van der Waals surface area (Å²) in [4.78, 5) is 28.7. The molecule has 0 unspecified atom stereocenters. The summed E-state index contributed by atoms with van der Waals surface area (Å²) in [6.07, 6.45) is 8.56. The van der Waals surface area contributed by atoms with Crippen LogP contribution in [0, 0.1) is 12.8 Å². The second-order valence-electron chi connectivity index (χ2n) is 9.28. The predicted molar refractivity (Wildman–Crippen MR) is 126 cm³/mol. The summed E-state index contributed by atoms with van der Waals surface area (Å²) in [6.45, 7) is 4.22. The number of alkyl halides is 2. The van der Waals surface area contributed by atoms with Crippen molar-refractivity contribution in [2.75, 3.05) is 26.2 Å². The Labute approximate surface area is 203 Å². The number of halogens is 2. The van der Waals surface area contributed by atoms with Crippen LogP contribution in [-0.2, 0) is 24.1 Å². The van der Waals surface area contributed by atoms with Gasteiger partial charge in [0.05, 0.1) is 12.1 Å². The number of aromatic nitrogens is 3. The molecule has 0 spiro atoms. The Morgan fingerprint density at radius 1 is 1.21 bits per heavy atom. The third-order valence-corrected chi connectivity index (χ3v) is 7.75. The zero-order valence-electron chi connectivity index (χ0n) is 19.6. The second-order valence-corrected chi connectivity index (χ2v) is 10.3. The Balaban J connectivity index is 1.13. The largest absolute Gasteiger partial charge is 0.464 e. The van der Waals surface area contributed by atoms with Crippen molar-refractivity contribution in [2.45, 2.75) is 70.8 Å². The van der Waals surface area contributed by atoms with Crippen molar-refractivity contribution in [1.29, 1.82) is 0 Å². The molecule has 1 N–H and O–H groups in total. The standard InChI is InChI=1S/C24H33F2N5O2S/c1-16-27-13-18(14-28-16)12-23(32)29-19-4-2-17(3-5-19)6-9-31-10-7-20-21(8-11-31)34-24(30-20)33-15-22(25)26/h13-14,17,19,22H,2-12,15H2,1H3,(H,29,32). The van der Waals surface area contributed by atoms with Crippen LogP contribution >= 0.6 is 11.3 Å². The molecule has 2 aliphatic rings. The van der Waals surface area contributed by atoms with E-state index in [2.05, 4.69) is 25.2 Å². The van der Waals surface area contributed by atoms with E-state index in [-0.39, 0.29) is 11.9 Å². The van der Waals surface area contributed by atoms with Gasteiger partial charge in [-0.15, -0.1) is 0 Å². The number of amides is 1. The minimum Gasteiger partial charge on any atom is -0.464 e. The van der Waals surface area contributed by atoms with Gasteiger partial charge >= 0.3 is 0 Å². The number of hydrogen-bond donors (Lipinski definition) is 1. The number of nitrogens with one attached hydrogen (secondary N) is 1. The molecule has 186 valence electrons. The summed E-state index contributed by atoms with van der Waals surface area (Å²) in [7, 11) is 0. The summed E-state index contributed by atoms with van der Waals surface area (Å²) in [6, 6.07) is 0.261. The highest BCUT2D eigenvalue weighted by molar-refractivity contribution is 7.13. The summed E-state index contributed by atoms with van der Waals surface area (Å²) in [5, 5.41) is 3.55. The maximum absolute atomic E-state index is 12.4. The fraction of sp³-hybridized carbons (Fsp3) is 0.667. The number of carbonyl (C=O) groups excluding carboxylic acids is 1. The summed E-state index contributed by atoms with van der Waals surface area (Å²) >= 11 is 1.41. The van der Waals surface area contributed by atoms with Gasteiger partial charge in [-0.05, 0) is 63.5 Å². The van der Waals surface area contributed by atoms with E-state index in [9.17, 15) is 13.6 Å². The number of rotatable bonds is 9. The molecule has 1 fully saturated rings. The molecule has 4 rings (SSSR count). The molecule has 1 amide bonds. The summed E-state index contributed by atoms with van der Waals surface area (Å²) in [5.41, 5.74) is 1.85. The topological polar surface area (TPSA) is 80.2 Å². The first-order valence-corrected chi connectivity index (χ1v) is 12.9. The van der Waals surface area contributed by atoms with Crippen LogP contribution < -0.4 is 10.1 Å². The van der Waals surface area contributed by atoms with E-state index in [0.717, 1.165) is 69.4 Å². The van der Waals surface area contributed by atoms with E-state index in [1.54, 1.807) is 12.4 Å². The lowest BCUT2D eigenvalue weighted by molar-refractivity contribution is -0.121. The van der Waals surface area contributed by atoms with Crippen LogP contribution in [0.2, 0.25) is 0 Å². The van der Waals surface area contributed by atoms with Crippen molar-refractivity contribution >= 4 is 17.2 Å². The molecule has 34 heavy (non-hydrogen) atoms. The zero-order valence-corrected chi connectivity index (χ0v) is 20.5. The number of aryl methyl sites for hydroxylation is 1. The van der Waals surface area contributed by atoms with Crippen LogP contribution in [0.4, 0.5) is 8.78 Å². The predicted octanol–water partition coefficient (Wildman–Crippen LogP) is 3.59. The first-order chi connectivity index (χ1) is 16.4. The van der Waals surface area contributed by atoms with E-state index in [0.29, 0.717) is 23.4 Å². The minimum absolute atomic E-state index is 0.0457. The molecule has 2 aromatic rings. The highest BCUT2D eigenvalue weighted by Gasteiger charge is 2.24. The molecule has 0 atom stereocenters. The van der Waals surface area contributed by atoms with Crippen molar-refractivity contribution in [3.63, 3.8) is 0 Å². The van der Waals surface area contributed by atoms with E-state index < -0.39 is 13.0 Å². The molecular weight excluding hydrogens is 460 g/mol. The summed E-state index contributed by atoms with van der Waals surface area (Å²) < 4.78 is 29.8. The minimum atomic E-state index is -2.47. The van der Waals surface area contributed by atoms with E-state index in [4.69, 9.17) is 4.74 Å². The van der Waals surface area contributed by atoms with Crippen LogP contribution in [0.25, 0.3) is 0 Å². The van der Waals surface area contributed by atoms with Gasteiger partial charge in [0.1, 0.15) is 5.82 Å². The van der Waals surface area contributed by atoms with Gasteiger partial charge in [0, 0.05) is 42.8 Å². The second kappa shape index (κ2) is 12.0. The Kier molecular flexibility index (Phi) is 8.77. The van der Waals surface area contributed by atoms with Gasteiger partial charge < -0.3 is 15.0 Å². The van der Waals surface area contributed by atoms with E-state index >= 15 is 0 Å². The molecule has 0 radical (unpaired) electrons. The molecule has 2 aromatic heterocycles. The smallest absolute Gasteiger partial charge is 0.273 e. The van der Waals surface area contributed by atoms with Gasteiger partial charge in [-0.25, -0.2) is 23.7 Å². The van der Waals surface area contributed by atoms with Crippen molar-refractivity contribution in [3.8, 4) is 5.19 Å². The Morgan fingerprint density at radius 2 is 1.94 bits per heavy atom. The number of carbonyl (C=O) groups is 1. The van der Waals surface area contributed by atoms with Crippen LogP contribution in [0.1, 0.15) is 54.1 Å². The first-order valence-electron chi connectivity index (χ1n) is 12.1. The maximum Gasteiger partial charge on any atom is 0.273 e. The SMILES string of the molecule is Cc1ncc(CC(=O)NC2CCC(CCN3CCc4nc(OCC(F)F)sc4CC3)CC2)cn1. The maximum atomic E-state index is 12.4. The molecular formula is C24H33F2N5O2S. The normalized spacial score (nSPS) is 21.2. The number of hydrogen-bond acceptors (Lipinski definition) is 7. The lowest BCUT2D eigenvalue weighted by Crippen LogP contribution is -2.39. The van der Waals surface area contributed by atoms with Gasteiger partial charge in [-0.1, -0.05) is 11.3 Å². The highest BCUT2D eigenvalue weighted by atomic mass is 32.1. The van der Waals surface area contributed by atoms with Crippen molar-refractivity contribution in [1.82, 2.24) is 25.2 Å². The van der Waals surface area contributed by atoms with Gasteiger partial charge in [-0.2, -0.15) is 0 Å². The fourth-order valence-corrected chi connectivity index (χ4v) is 5.69. The quantitative estimate of drug-likeness (QED) is 0.575. The van der Waals surface area contributed by atoms with Crippen molar-refractivity contribution < 1.29 is 18.3 Å². The first kappa shape index (κ1) is 24.9. The van der Waals surface area contributed by atoms with Crippen LogP contribution in [0.5, 0.6) is 5.19 Å². The summed E-state index contributed by atoms with van der Waals surface area (Å²) in [5.74, 6) is 1.45. The molecule has 3 heterocycles. The highest BCUT2D eigenvalue weighted by Crippen LogP contribution is 2.30. The molecule has 1 aliphatic carbocycles. The third-order valence-electron chi connectivity index (χ3n) is 6.68. The Morgan fingerprint density at radius 3 is 2.68 bits per heavy atom. The van der Waals surface area contributed by atoms with Crippen LogP contribution in [0.15, 0.2) is 12.4 Å².